The van der Waals surface area contributed by atoms with Gasteiger partial charge in [0.15, 0.2) is 23.2 Å². The molecule has 5 N–H and O–H groups in total. The Labute approximate surface area is 198 Å². The zero-order valence-electron chi connectivity index (χ0n) is 17.6. The Morgan fingerprint density at radius 3 is 2.65 bits per heavy atom. The van der Waals surface area contributed by atoms with Crippen molar-refractivity contribution in [1.82, 2.24) is 19.5 Å². The molecule has 2 aromatic carbocycles. The molecule has 4 aromatic rings. The molecule has 1 aliphatic rings. The number of fused-ring (bicyclic) bond motifs is 2. The molecule has 0 amide bonds. The third-order valence-electron chi connectivity index (χ3n) is 5.75. The number of imidazole rings is 1. The Morgan fingerprint density at radius 2 is 1.85 bits per heavy atom. The predicted octanol–water partition coefficient (Wildman–Crippen LogP) is 2.56. The molecule has 4 atom stereocenters. The number of hydrogen-bond donors (Lipinski definition) is 5. The Bertz CT molecular complexity index is 1410. The topological polar surface area (TPSA) is 163 Å². The lowest BCUT2D eigenvalue weighted by atomic mass is 10.1. The van der Waals surface area contributed by atoms with Crippen LogP contribution in [0.2, 0.25) is 5.28 Å². The molecular weight excluding hydrogens is 485 g/mol. The molecule has 34 heavy (non-hydrogen) atoms. The first-order valence-electron chi connectivity index (χ1n) is 10.4. The van der Waals surface area contributed by atoms with Gasteiger partial charge in [-0.3, -0.25) is 9.13 Å². The summed E-state index contributed by atoms with van der Waals surface area (Å²) >= 11 is 6.19. The number of aromatic nitrogens is 4. The Hall–Kier alpha value is -2.63. The molecule has 3 heterocycles. The van der Waals surface area contributed by atoms with E-state index < -0.39 is 38.3 Å². The molecule has 0 saturated carbocycles. The number of hydrogen-bond acceptors (Lipinski definition) is 8. The van der Waals surface area contributed by atoms with E-state index in [9.17, 15) is 14.8 Å². The zero-order chi connectivity index (χ0) is 24.0. The lowest BCUT2D eigenvalue weighted by molar-refractivity contribution is -0.0355. The van der Waals surface area contributed by atoms with E-state index in [4.69, 9.17) is 26.1 Å². The summed E-state index contributed by atoms with van der Waals surface area (Å²) in [6.45, 7) is 0. The Morgan fingerprint density at radius 1 is 1.09 bits per heavy atom. The maximum absolute atomic E-state index is 11.2. The van der Waals surface area contributed by atoms with Gasteiger partial charge in [-0.2, -0.15) is 9.97 Å². The van der Waals surface area contributed by atoms with Crippen LogP contribution in [0.15, 0.2) is 48.8 Å². The fourth-order valence-electron chi connectivity index (χ4n) is 4.12. The minimum Gasteiger partial charge on any atom is -0.388 e. The van der Waals surface area contributed by atoms with Gasteiger partial charge in [0.05, 0.1) is 18.6 Å². The van der Waals surface area contributed by atoms with Gasteiger partial charge in [0.25, 0.3) is 0 Å². The third-order valence-corrected chi connectivity index (χ3v) is 6.76. The maximum Gasteiger partial charge on any atom is 0.325 e. The molecule has 1 saturated heterocycles. The van der Waals surface area contributed by atoms with Crippen LogP contribution in [0, 0.1) is 0 Å². The highest BCUT2D eigenvalue weighted by molar-refractivity contribution is 7.51. The van der Waals surface area contributed by atoms with Crippen molar-refractivity contribution in [2.45, 2.75) is 31.0 Å². The minimum absolute atomic E-state index is 0.0666. The number of ether oxygens (including phenoxy) is 1. The highest BCUT2D eigenvalue weighted by atomic mass is 35.5. The molecule has 1 fully saturated rings. The molecule has 11 nitrogen and oxygen atoms in total. The van der Waals surface area contributed by atoms with Crippen molar-refractivity contribution in [3.05, 3.63) is 54.1 Å². The quantitative estimate of drug-likeness (QED) is 0.194. The van der Waals surface area contributed by atoms with Crippen LogP contribution in [0.5, 0.6) is 0 Å². The lowest BCUT2D eigenvalue weighted by Crippen LogP contribution is -2.31. The van der Waals surface area contributed by atoms with E-state index in [0.717, 1.165) is 16.5 Å². The fraction of sp³-hybridized carbons (Fsp3) is 0.286. The van der Waals surface area contributed by atoms with E-state index in [-0.39, 0.29) is 17.4 Å². The summed E-state index contributed by atoms with van der Waals surface area (Å²) in [5.41, 5.74) is 1.41. The van der Waals surface area contributed by atoms with E-state index in [2.05, 4.69) is 20.3 Å². The molecule has 5 rings (SSSR count). The van der Waals surface area contributed by atoms with Gasteiger partial charge >= 0.3 is 7.60 Å². The number of rotatable bonds is 6. The standard InChI is InChI=1S/C21H21ClN5O6P/c22-21-25-18(24-13-7-3-5-11-4-1-2-6-12(11)13)15-19(26-21)27(10-23-15)20-17(29)16(28)14(33-20)8-9-34(30,31)32/h1-7,10,14,16-17,20,28-29H,8-9H2,(H,24,25,26)(H2,30,31,32). The first kappa shape index (κ1) is 23.1. The van der Waals surface area contributed by atoms with E-state index in [1.807, 2.05) is 42.5 Å². The number of nitrogens with zero attached hydrogens (tertiary/aromatic N) is 4. The second-order valence-corrected chi connectivity index (χ2v) is 10.2. The highest BCUT2D eigenvalue weighted by Gasteiger charge is 2.44. The van der Waals surface area contributed by atoms with Gasteiger partial charge in [-0.05, 0) is 29.5 Å². The number of anilines is 2. The predicted molar refractivity (Wildman–Crippen MR) is 125 cm³/mol. The van der Waals surface area contributed by atoms with Crippen LogP contribution in [0.25, 0.3) is 21.9 Å². The van der Waals surface area contributed by atoms with Gasteiger partial charge in [-0.1, -0.05) is 36.4 Å². The summed E-state index contributed by atoms with van der Waals surface area (Å²) in [5, 5.41) is 26.1. The second kappa shape index (κ2) is 8.86. The Balaban J connectivity index is 1.49. The van der Waals surface area contributed by atoms with Crippen LogP contribution < -0.4 is 5.32 Å². The molecule has 4 unspecified atom stereocenters. The van der Waals surface area contributed by atoms with Crippen LogP contribution in [0.4, 0.5) is 11.5 Å². The molecule has 2 aromatic heterocycles. The van der Waals surface area contributed by atoms with Crippen molar-refractivity contribution in [2.24, 2.45) is 0 Å². The van der Waals surface area contributed by atoms with Gasteiger partial charge in [0.2, 0.25) is 5.28 Å². The number of nitrogens with one attached hydrogen (secondary N) is 1. The molecule has 13 heteroatoms. The molecule has 1 aliphatic heterocycles. The second-order valence-electron chi connectivity index (χ2n) is 8.04. The van der Waals surface area contributed by atoms with Crippen LogP contribution >= 0.6 is 19.2 Å². The first-order chi connectivity index (χ1) is 16.2. The van der Waals surface area contributed by atoms with E-state index in [0.29, 0.717) is 11.3 Å². The normalized spacial score (nSPS) is 23.1. The van der Waals surface area contributed by atoms with Crippen LogP contribution in [0.3, 0.4) is 0 Å². The fourth-order valence-corrected chi connectivity index (χ4v) is 4.87. The van der Waals surface area contributed by atoms with Gasteiger partial charge in [-0.25, -0.2) is 4.98 Å². The van der Waals surface area contributed by atoms with E-state index in [1.165, 1.54) is 10.9 Å². The average molecular weight is 506 g/mol. The molecule has 178 valence electrons. The van der Waals surface area contributed by atoms with Crippen LogP contribution in [-0.2, 0) is 9.30 Å². The molecule has 0 radical (unpaired) electrons. The lowest BCUT2D eigenvalue weighted by Gasteiger charge is -2.17. The number of halogens is 1. The maximum atomic E-state index is 11.2. The number of benzene rings is 2. The Kier molecular flexibility index (Phi) is 6.03. The summed E-state index contributed by atoms with van der Waals surface area (Å²) in [6.07, 6.45) is -4.01. The average Bonchev–Trinajstić information content (AvgIpc) is 3.33. The highest BCUT2D eigenvalue weighted by Crippen LogP contribution is 2.40. The van der Waals surface area contributed by atoms with Crippen molar-refractivity contribution >= 4 is 52.6 Å². The van der Waals surface area contributed by atoms with Crippen molar-refractivity contribution in [1.29, 1.82) is 0 Å². The van der Waals surface area contributed by atoms with Gasteiger partial charge < -0.3 is 30.1 Å². The smallest absolute Gasteiger partial charge is 0.325 e. The molecule has 0 spiro atoms. The summed E-state index contributed by atoms with van der Waals surface area (Å²) in [5.74, 6) is 0.344. The van der Waals surface area contributed by atoms with Crippen molar-refractivity contribution in [3.63, 3.8) is 0 Å². The van der Waals surface area contributed by atoms with Crippen molar-refractivity contribution < 1.29 is 29.3 Å². The van der Waals surface area contributed by atoms with Gasteiger partial charge in [-0.15, -0.1) is 0 Å². The first-order valence-corrected chi connectivity index (χ1v) is 12.6. The van der Waals surface area contributed by atoms with Gasteiger partial charge in [0, 0.05) is 11.1 Å². The van der Waals surface area contributed by atoms with Crippen molar-refractivity contribution in [3.8, 4) is 0 Å². The SMILES string of the molecule is O=P(O)(O)CCC1OC(n2cnc3c(Nc4cccc5ccccc45)nc(Cl)nc32)C(O)C1O. The molecule has 0 bridgehead atoms. The summed E-state index contributed by atoms with van der Waals surface area (Å²) < 4.78 is 18.4. The van der Waals surface area contributed by atoms with Crippen LogP contribution in [0.1, 0.15) is 12.6 Å². The van der Waals surface area contributed by atoms with E-state index in [1.54, 1.807) is 0 Å². The summed E-state index contributed by atoms with van der Waals surface area (Å²) in [6, 6.07) is 13.6. The molecular formula is C21H21ClN5O6P. The summed E-state index contributed by atoms with van der Waals surface area (Å²) in [7, 11) is -4.29. The monoisotopic (exact) mass is 505 g/mol. The van der Waals surface area contributed by atoms with Crippen LogP contribution in [-0.4, -0.2) is 64.0 Å². The van der Waals surface area contributed by atoms with E-state index >= 15 is 0 Å². The minimum atomic E-state index is -4.29. The number of aliphatic hydroxyl groups excluding tert-OH is 2. The van der Waals surface area contributed by atoms with Crippen molar-refractivity contribution in [2.75, 3.05) is 11.5 Å². The third kappa shape index (κ3) is 4.39. The summed E-state index contributed by atoms with van der Waals surface area (Å²) in [4.78, 5) is 31.1. The van der Waals surface area contributed by atoms with Gasteiger partial charge in [0.1, 0.15) is 12.2 Å². The number of aliphatic hydroxyl groups is 2. The molecule has 0 aliphatic carbocycles. The zero-order valence-corrected chi connectivity index (χ0v) is 19.2. The largest absolute Gasteiger partial charge is 0.388 e.